The lowest BCUT2D eigenvalue weighted by Gasteiger charge is -2.21. The third-order valence-corrected chi connectivity index (χ3v) is 7.12. The molecule has 9 heteroatoms. The number of rotatable bonds is 3. The second-order valence-corrected chi connectivity index (χ2v) is 9.14. The van der Waals surface area contributed by atoms with E-state index in [2.05, 4.69) is 10.1 Å². The van der Waals surface area contributed by atoms with Crippen molar-refractivity contribution in [2.75, 3.05) is 20.3 Å². The highest BCUT2D eigenvalue weighted by molar-refractivity contribution is 6.14. The Labute approximate surface area is 198 Å². The van der Waals surface area contributed by atoms with Crippen LogP contribution in [0.4, 0.5) is 0 Å². The minimum Gasteiger partial charge on any atom is -0.493 e. The molecule has 4 heterocycles. The van der Waals surface area contributed by atoms with Crippen molar-refractivity contribution in [3.05, 3.63) is 50.9 Å². The third kappa shape index (κ3) is 2.94. The van der Waals surface area contributed by atoms with Crippen LogP contribution in [0.2, 0.25) is 0 Å². The van der Waals surface area contributed by atoms with Gasteiger partial charge in [-0.1, -0.05) is 12.8 Å². The molecule has 3 aromatic heterocycles. The summed E-state index contributed by atoms with van der Waals surface area (Å²) in [5.41, 5.74) is 3.35. The molecule has 0 atom stereocenters. The average Bonchev–Trinajstić information content (AvgIpc) is 3.59. The first-order valence-corrected chi connectivity index (χ1v) is 11.8. The largest absolute Gasteiger partial charge is 0.493 e. The molecule has 0 bridgehead atoms. The number of hydrogen-bond acceptors (Lipinski definition) is 6. The van der Waals surface area contributed by atoms with E-state index in [1.807, 2.05) is 16.8 Å². The van der Waals surface area contributed by atoms with E-state index in [-0.39, 0.29) is 17.0 Å². The van der Waals surface area contributed by atoms with Gasteiger partial charge in [0.15, 0.2) is 22.5 Å². The second kappa shape index (κ2) is 7.43. The normalized spacial score (nSPS) is 16.0. The lowest BCUT2D eigenvalue weighted by molar-refractivity contribution is 0.165. The molecular weight excluding hydrogens is 450 g/mol. The van der Waals surface area contributed by atoms with Gasteiger partial charge in [-0.2, -0.15) is 0 Å². The Morgan fingerprint density at radius 2 is 1.89 bits per heavy atom. The fourth-order valence-corrected chi connectivity index (χ4v) is 5.54. The van der Waals surface area contributed by atoms with E-state index in [1.54, 1.807) is 13.2 Å². The van der Waals surface area contributed by atoms with Crippen LogP contribution < -0.4 is 25.2 Å². The minimum absolute atomic E-state index is 0.142. The molecule has 0 radical (unpaired) electrons. The molecule has 0 saturated heterocycles. The Kier molecular flexibility index (Phi) is 4.30. The van der Waals surface area contributed by atoms with Crippen molar-refractivity contribution in [1.29, 1.82) is 0 Å². The number of hydrogen-bond donors (Lipinski definition) is 2. The smallest absolute Gasteiger partial charge is 0.274 e. The summed E-state index contributed by atoms with van der Waals surface area (Å²) >= 11 is 0. The topological polar surface area (TPSA) is 111 Å². The Hall–Kier alpha value is -4.14. The van der Waals surface area contributed by atoms with Crippen molar-refractivity contribution in [2.24, 2.45) is 0 Å². The zero-order valence-corrected chi connectivity index (χ0v) is 19.1. The number of methoxy groups -OCH3 is 1. The summed E-state index contributed by atoms with van der Waals surface area (Å²) in [4.78, 5) is 28.9. The van der Waals surface area contributed by atoms with Crippen molar-refractivity contribution in [3.63, 3.8) is 0 Å². The molecule has 1 aliphatic heterocycles. The van der Waals surface area contributed by atoms with Crippen LogP contribution in [0, 0.1) is 0 Å². The molecule has 1 fully saturated rings. The van der Waals surface area contributed by atoms with Gasteiger partial charge in [-0.25, -0.2) is 0 Å². The molecule has 2 N–H and O–H groups in total. The van der Waals surface area contributed by atoms with E-state index in [0.29, 0.717) is 63.8 Å². The Morgan fingerprint density at radius 1 is 1.06 bits per heavy atom. The molecule has 178 valence electrons. The van der Waals surface area contributed by atoms with E-state index in [0.717, 1.165) is 36.6 Å². The van der Waals surface area contributed by atoms with Crippen LogP contribution >= 0.6 is 0 Å². The molecule has 2 aromatic carbocycles. The van der Waals surface area contributed by atoms with Crippen molar-refractivity contribution in [1.82, 2.24) is 14.8 Å². The highest BCUT2D eigenvalue weighted by Crippen LogP contribution is 2.46. The summed E-state index contributed by atoms with van der Waals surface area (Å²) in [6.07, 6.45) is 4.26. The highest BCUT2D eigenvalue weighted by Gasteiger charge is 2.28. The van der Waals surface area contributed by atoms with E-state index in [4.69, 9.17) is 18.6 Å². The molecule has 0 spiro atoms. The lowest BCUT2D eigenvalue weighted by Crippen LogP contribution is -2.16. The number of fused-ring (bicyclic) bond motifs is 5. The van der Waals surface area contributed by atoms with Gasteiger partial charge in [0, 0.05) is 17.0 Å². The molecule has 35 heavy (non-hydrogen) atoms. The fourth-order valence-electron chi connectivity index (χ4n) is 5.54. The SMILES string of the molecule is COc1cc(-c2c3oc4cc(=O)ccc4c3[nH]c3c2c(=O)[nH]n3C2CCCC2)cc2c1OCCO2. The monoisotopic (exact) mass is 473 g/mol. The summed E-state index contributed by atoms with van der Waals surface area (Å²) in [6, 6.07) is 8.64. The summed E-state index contributed by atoms with van der Waals surface area (Å²) in [5.74, 6) is 1.59. The number of aromatic nitrogens is 3. The molecule has 5 aromatic rings. The maximum atomic E-state index is 13.4. The molecule has 0 amide bonds. The first-order valence-electron chi connectivity index (χ1n) is 11.8. The number of ether oxygens (including phenoxy) is 3. The second-order valence-electron chi connectivity index (χ2n) is 9.14. The predicted molar refractivity (Wildman–Crippen MR) is 131 cm³/mol. The third-order valence-electron chi connectivity index (χ3n) is 7.12. The maximum absolute atomic E-state index is 13.4. The van der Waals surface area contributed by atoms with Crippen LogP contribution in [0.3, 0.4) is 0 Å². The zero-order valence-electron chi connectivity index (χ0n) is 19.1. The maximum Gasteiger partial charge on any atom is 0.274 e. The van der Waals surface area contributed by atoms with Crippen LogP contribution in [-0.2, 0) is 0 Å². The molecule has 1 saturated carbocycles. The number of pyridine rings is 1. The van der Waals surface area contributed by atoms with Crippen LogP contribution in [0.25, 0.3) is 44.2 Å². The Morgan fingerprint density at radius 3 is 2.71 bits per heavy atom. The predicted octanol–water partition coefficient (Wildman–Crippen LogP) is 4.48. The van der Waals surface area contributed by atoms with Crippen molar-refractivity contribution in [2.45, 2.75) is 31.7 Å². The van der Waals surface area contributed by atoms with Gasteiger partial charge in [-0.15, -0.1) is 0 Å². The van der Waals surface area contributed by atoms with Gasteiger partial charge >= 0.3 is 0 Å². The van der Waals surface area contributed by atoms with Gasteiger partial charge in [-0.05, 0) is 42.7 Å². The van der Waals surface area contributed by atoms with Crippen molar-refractivity contribution in [3.8, 4) is 28.4 Å². The van der Waals surface area contributed by atoms with E-state index in [9.17, 15) is 9.59 Å². The number of nitrogens with one attached hydrogen (secondary N) is 2. The van der Waals surface area contributed by atoms with Crippen LogP contribution in [-0.4, -0.2) is 35.1 Å². The minimum atomic E-state index is -0.209. The first kappa shape index (κ1) is 20.3. The van der Waals surface area contributed by atoms with E-state index >= 15 is 0 Å². The Balaban J connectivity index is 1.63. The van der Waals surface area contributed by atoms with Gasteiger partial charge in [0.25, 0.3) is 5.56 Å². The van der Waals surface area contributed by atoms with Gasteiger partial charge in [0.2, 0.25) is 5.75 Å². The number of benzene rings is 2. The summed E-state index contributed by atoms with van der Waals surface area (Å²) < 4.78 is 25.5. The fraction of sp³-hybridized carbons (Fsp3) is 0.308. The van der Waals surface area contributed by atoms with Gasteiger partial charge in [-0.3, -0.25) is 19.4 Å². The quantitative estimate of drug-likeness (QED) is 0.400. The van der Waals surface area contributed by atoms with Crippen molar-refractivity contribution < 1.29 is 18.6 Å². The molecule has 9 nitrogen and oxygen atoms in total. The van der Waals surface area contributed by atoms with Gasteiger partial charge in [0.1, 0.15) is 24.4 Å². The molecular formula is C26H23N3O6. The standard InChI is InChI=1S/C26H23N3O6/c1-32-18-10-13(11-19-23(18)34-9-8-33-19)20-21-25(29(28-26(21)31)14-4-2-3-5-14)27-22-16-7-6-15(30)12-17(16)35-24(20)22/h6-7,10-12,14,27H,2-5,8-9H2,1H3,(H,28,31). The zero-order chi connectivity index (χ0) is 23.7. The van der Waals surface area contributed by atoms with Crippen LogP contribution in [0.15, 0.2) is 44.3 Å². The molecule has 1 aliphatic carbocycles. The number of nitrogens with zero attached hydrogens (tertiary/aromatic N) is 1. The lowest BCUT2D eigenvalue weighted by atomic mass is 10.0. The van der Waals surface area contributed by atoms with Crippen LogP contribution in [0.5, 0.6) is 17.2 Å². The number of H-pyrrole nitrogens is 2. The van der Waals surface area contributed by atoms with E-state index < -0.39 is 0 Å². The van der Waals surface area contributed by atoms with E-state index in [1.165, 1.54) is 12.1 Å². The molecule has 2 aliphatic rings. The average molecular weight is 473 g/mol. The van der Waals surface area contributed by atoms with Crippen LogP contribution in [0.1, 0.15) is 31.7 Å². The summed E-state index contributed by atoms with van der Waals surface area (Å²) in [7, 11) is 1.57. The van der Waals surface area contributed by atoms with Gasteiger partial charge < -0.3 is 23.6 Å². The molecule has 7 rings (SSSR count). The van der Waals surface area contributed by atoms with Gasteiger partial charge in [0.05, 0.1) is 24.1 Å². The van der Waals surface area contributed by atoms with Crippen molar-refractivity contribution >= 4 is 33.1 Å². The Bertz CT molecular complexity index is 1730. The summed E-state index contributed by atoms with van der Waals surface area (Å²) in [5, 5.41) is 4.34. The first-order chi connectivity index (χ1) is 17.1. The molecule has 0 unspecified atom stereocenters. The summed E-state index contributed by atoms with van der Waals surface area (Å²) in [6.45, 7) is 0.852. The highest BCUT2D eigenvalue weighted by atomic mass is 16.6. The number of aromatic amines is 2. The number of furan rings is 1.